The normalized spacial score (nSPS) is 27.1. The minimum absolute atomic E-state index is 0.0399. The lowest BCUT2D eigenvalue weighted by Crippen LogP contribution is -2.38. The molecule has 2 heterocycles. The van der Waals surface area contributed by atoms with E-state index in [2.05, 4.69) is 9.97 Å². The summed E-state index contributed by atoms with van der Waals surface area (Å²) >= 11 is 0. The molecule has 8 heteroatoms. The highest BCUT2D eigenvalue weighted by Gasteiger charge is 2.47. The monoisotopic (exact) mass is 412 g/mol. The van der Waals surface area contributed by atoms with Crippen LogP contribution in [-0.4, -0.2) is 28.9 Å². The van der Waals surface area contributed by atoms with Crippen molar-refractivity contribution < 1.29 is 22.3 Å². The summed E-state index contributed by atoms with van der Waals surface area (Å²) in [5.74, 6) is -6.08. The fourth-order valence-corrected chi connectivity index (χ4v) is 5.09. The van der Waals surface area contributed by atoms with Crippen molar-refractivity contribution in [2.24, 2.45) is 11.8 Å². The molecule has 4 rings (SSSR count). The van der Waals surface area contributed by atoms with Gasteiger partial charge in [-0.25, -0.2) is 22.5 Å². The molecule has 2 aromatic heterocycles. The van der Waals surface area contributed by atoms with Gasteiger partial charge in [0.1, 0.15) is 5.39 Å². The Morgan fingerprint density at radius 2 is 1.79 bits per heavy atom. The van der Waals surface area contributed by atoms with Crippen LogP contribution in [0.1, 0.15) is 56.6 Å². The Morgan fingerprint density at radius 3 is 2.48 bits per heavy atom. The Balaban J connectivity index is 1.72. The predicted octanol–water partition coefficient (Wildman–Crippen LogP) is 5.28. The first-order chi connectivity index (χ1) is 13.7. The summed E-state index contributed by atoms with van der Waals surface area (Å²) in [6.07, 6.45) is 1.39. The van der Waals surface area contributed by atoms with Crippen molar-refractivity contribution in [1.29, 1.82) is 0 Å². The van der Waals surface area contributed by atoms with Crippen LogP contribution in [-0.2, 0) is 0 Å². The summed E-state index contributed by atoms with van der Waals surface area (Å²) in [7, 11) is 1.41. The third-order valence-corrected chi connectivity index (χ3v) is 6.57. The van der Waals surface area contributed by atoms with Crippen LogP contribution < -0.4 is 10.2 Å². The topological polar surface area (TPSA) is 55.0 Å². The number of halogens is 4. The Labute approximate surface area is 165 Å². The van der Waals surface area contributed by atoms with Gasteiger partial charge in [-0.2, -0.15) is 0 Å². The van der Waals surface area contributed by atoms with Crippen LogP contribution in [0.2, 0.25) is 0 Å². The van der Waals surface area contributed by atoms with Crippen molar-refractivity contribution in [3.8, 4) is 5.88 Å². The molecule has 2 fully saturated rings. The van der Waals surface area contributed by atoms with E-state index in [9.17, 15) is 22.4 Å². The Bertz CT molecular complexity index is 949. The molecule has 2 aliphatic rings. The van der Waals surface area contributed by atoms with Crippen LogP contribution in [0.4, 0.5) is 17.6 Å². The number of alkyl halides is 4. The molecule has 158 valence electrons. The number of hydrogen-bond acceptors (Lipinski definition) is 3. The Hall–Kier alpha value is -2.12. The second-order valence-corrected chi connectivity index (χ2v) is 8.39. The van der Waals surface area contributed by atoms with Gasteiger partial charge in [-0.05, 0) is 37.2 Å². The van der Waals surface area contributed by atoms with Crippen LogP contribution in [0, 0.1) is 11.8 Å². The van der Waals surface area contributed by atoms with E-state index < -0.39 is 17.8 Å². The van der Waals surface area contributed by atoms with Gasteiger partial charge in [0.2, 0.25) is 17.7 Å². The van der Waals surface area contributed by atoms with E-state index in [4.69, 9.17) is 4.74 Å². The molecule has 0 radical (unpaired) electrons. The van der Waals surface area contributed by atoms with E-state index in [-0.39, 0.29) is 60.6 Å². The summed E-state index contributed by atoms with van der Waals surface area (Å²) in [6.45, 7) is 0. The van der Waals surface area contributed by atoms with Gasteiger partial charge in [0.05, 0.1) is 12.6 Å². The van der Waals surface area contributed by atoms with Gasteiger partial charge in [0.25, 0.3) is 0 Å². The minimum Gasteiger partial charge on any atom is -0.480 e. The number of methoxy groups -OCH3 is 1. The highest BCUT2D eigenvalue weighted by molar-refractivity contribution is 5.83. The lowest BCUT2D eigenvalue weighted by molar-refractivity contribution is -0.0840. The predicted molar refractivity (Wildman–Crippen MR) is 101 cm³/mol. The van der Waals surface area contributed by atoms with Gasteiger partial charge < -0.3 is 9.72 Å². The maximum Gasteiger partial charge on any atom is 0.248 e. The van der Waals surface area contributed by atoms with Crippen LogP contribution in [0.5, 0.6) is 5.88 Å². The molecule has 0 spiro atoms. The van der Waals surface area contributed by atoms with Crippen molar-refractivity contribution in [2.45, 2.75) is 62.7 Å². The van der Waals surface area contributed by atoms with E-state index in [0.29, 0.717) is 24.1 Å². The van der Waals surface area contributed by atoms with Crippen molar-refractivity contribution in [1.82, 2.24) is 9.97 Å². The highest BCUT2D eigenvalue weighted by atomic mass is 19.3. The molecule has 2 aliphatic carbocycles. The zero-order valence-electron chi connectivity index (χ0n) is 16.2. The average molecular weight is 412 g/mol. The molecule has 1 N–H and O–H groups in total. The van der Waals surface area contributed by atoms with Crippen molar-refractivity contribution in [2.75, 3.05) is 7.11 Å². The second-order valence-electron chi connectivity index (χ2n) is 8.39. The van der Waals surface area contributed by atoms with Crippen LogP contribution in [0.3, 0.4) is 0 Å². The minimum atomic E-state index is -2.83. The second kappa shape index (κ2) is 7.29. The number of ether oxygens (including phenoxy) is 1. The quantitative estimate of drug-likeness (QED) is 0.698. The van der Waals surface area contributed by atoms with Crippen molar-refractivity contribution >= 4 is 10.9 Å². The van der Waals surface area contributed by atoms with Crippen LogP contribution in [0.25, 0.3) is 10.9 Å². The number of rotatable bonds is 3. The summed E-state index contributed by atoms with van der Waals surface area (Å²) < 4.78 is 60.9. The summed E-state index contributed by atoms with van der Waals surface area (Å²) in [5.41, 5.74) is 0.571. The lowest BCUT2D eigenvalue weighted by atomic mass is 9.65. The molecule has 0 bridgehead atoms. The molecule has 29 heavy (non-hydrogen) atoms. The summed E-state index contributed by atoms with van der Waals surface area (Å²) in [5, 5.41) is 0.273. The SMILES string of the molecule is COc1nccc2[nH]c([C@@H]3CC(F)(F)CC[C@H]3C3CCC(F)(F)CC3)cc(=O)c12. The average Bonchev–Trinajstić information content (AvgIpc) is 2.67. The third-order valence-electron chi connectivity index (χ3n) is 6.57. The number of fused-ring (bicyclic) bond motifs is 1. The molecule has 2 atom stereocenters. The first-order valence-electron chi connectivity index (χ1n) is 10.0. The van der Waals surface area contributed by atoms with E-state index in [1.54, 1.807) is 6.07 Å². The number of pyridine rings is 2. The van der Waals surface area contributed by atoms with E-state index in [0.717, 1.165) is 0 Å². The van der Waals surface area contributed by atoms with Gasteiger partial charge in [0, 0.05) is 49.6 Å². The van der Waals surface area contributed by atoms with Gasteiger partial charge in [-0.3, -0.25) is 4.79 Å². The Kier molecular flexibility index (Phi) is 5.07. The highest BCUT2D eigenvalue weighted by Crippen LogP contribution is 2.51. The Morgan fingerprint density at radius 1 is 1.10 bits per heavy atom. The standard InChI is InChI=1S/C21H24F4N2O2/c1-29-19-18-15(5-9-26-19)27-16(10-17(18)28)14-11-21(24,25)8-4-13(14)12-2-6-20(22,23)7-3-12/h5,9-10,12-14H,2-4,6-8,11H2,1H3,(H,27,28)/t13-,14+/m0/s1. The lowest BCUT2D eigenvalue weighted by Gasteiger charge is -2.42. The maximum atomic E-state index is 14.3. The van der Waals surface area contributed by atoms with E-state index in [1.165, 1.54) is 19.4 Å². The zero-order valence-corrected chi connectivity index (χ0v) is 16.2. The molecule has 2 aromatic rings. The molecule has 0 aromatic carbocycles. The fourth-order valence-electron chi connectivity index (χ4n) is 5.09. The molecular formula is C21H24F4N2O2. The third kappa shape index (κ3) is 3.98. The van der Waals surface area contributed by atoms with Crippen molar-refractivity contribution in [3.63, 3.8) is 0 Å². The zero-order chi connectivity index (χ0) is 20.8. The largest absolute Gasteiger partial charge is 0.480 e. The number of aromatic nitrogens is 2. The molecule has 0 aliphatic heterocycles. The fraction of sp³-hybridized carbons (Fsp3) is 0.619. The van der Waals surface area contributed by atoms with Gasteiger partial charge in [0.15, 0.2) is 5.43 Å². The number of aromatic amines is 1. The number of nitrogens with one attached hydrogen (secondary N) is 1. The van der Waals surface area contributed by atoms with Gasteiger partial charge >= 0.3 is 0 Å². The molecule has 4 nitrogen and oxygen atoms in total. The number of hydrogen-bond donors (Lipinski definition) is 1. The summed E-state index contributed by atoms with van der Waals surface area (Å²) in [4.78, 5) is 19.9. The molecular weight excluding hydrogens is 388 g/mol. The molecule has 2 saturated carbocycles. The number of H-pyrrole nitrogens is 1. The van der Waals surface area contributed by atoms with Crippen LogP contribution >= 0.6 is 0 Å². The molecule has 0 unspecified atom stereocenters. The molecule has 0 amide bonds. The van der Waals surface area contributed by atoms with Gasteiger partial charge in [-0.15, -0.1) is 0 Å². The van der Waals surface area contributed by atoms with Gasteiger partial charge in [-0.1, -0.05) is 0 Å². The van der Waals surface area contributed by atoms with Crippen LogP contribution in [0.15, 0.2) is 23.1 Å². The van der Waals surface area contributed by atoms with Crippen molar-refractivity contribution in [3.05, 3.63) is 34.2 Å². The number of nitrogens with zero attached hydrogens (tertiary/aromatic N) is 1. The smallest absolute Gasteiger partial charge is 0.248 e. The molecule has 0 saturated heterocycles. The first-order valence-corrected chi connectivity index (χ1v) is 10.0. The first kappa shape index (κ1) is 20.2. The van der Waals surface area contributed by atoms with E-state index >= 15 is 0 Å². The summed E-state index contributed by atoms with van der Waals surface area (Å²) in [6, 6.07) is 2.96. The van der Waals surface area contributed by atoms with E-state index in [1.807, 2.05) is 0 Å². The maximum absolute atomic E-state index is 14.3.